The highest BCUT2D eigenvalue weighted by Crippen LogP contribution is 2.30. The van der Waals surface area contributed by atoms with Crippen molar-refractivity contribution in [3.8, 4) is 0 Å². The van der Waals surface area contributed by atoms with Gasteiger partial charge < -0.3 is 19.7 Å². The molecule has 9 nitrogen and oxygen atoms in total. The smallest absolute Gasteiger partial charge is 0.430 e. The van der Waals surface area contributed by atoms with Crippen LogP contribution in [0.5, 0.6) is 0 Å². The van der Waals surface area contributed by atoms with Crippen LogP contribution in [0, 0.1) is 5.82 Å². The van der Waals surface area contributed by atoms with Crippen molar-refractivity contribution in [3.05, 3.63) is 46.3 Å². The molecule has 1 aromatic carbocycles. The Labute approximate surface area is 235 Å². The molecule has 42 heavy (non-hydrogen) atoms. The summed E-state index contributed by atoms with van der Waals surface area (Å²) in [6.45, 7) is 1.70. The topological polar surface area (TPSA) is 127 Å². The Morgan fingerprint density at radius 2 is 1.67 bits per heavy atom. The van der Waals surface area contributed by atoms with Crippen LogP contribution in [0.15, 0.2) is 34.4 Å². The van der Waals surface area contributed by atoms with Crippen LogP contribution in [-0.2, 0) is 20.8 Å². The maximum Gasteiger partial charge on any atom is 0.430 e. The SMILES string of the molecule is CC1=C(C(F)(F)F)C(=O)[NH2+]N=C1Cc1ccc(F)c(C(=O)N2CCN(C3CCCCC3)C(=O)C2)c1.O=C([O-])C(F)(F)F. The Kier molecular flexibility index (Phi) is 10.1. The fourth-order valence-electron chi connectivity index (χ4n) is 5.01. The number of carboxylic acid groups (broad SMARTS) is 1. The maximum atomic E-state index is 14.6. The highest BCUT2D eigenvalue weighted by atomic mass is 19.4. The largest absolute Gasteiger partial charge is 0.542 e. The number of hydrogen-bond acceptors (Lipinski definition) is 6. The number of nitrogens with two attached hydrogens (primary N) is 1. The van der Waals surface area contributed by atoms with Crippen molar-refractivity contribution in [2.24, 2.45) is 5.10 Å². The van der Waals surface area contributed by atoms with E-state index in [0.29, 0.717) is 17.5 Å². The van der Waals surface area contributed by atoms with Gasteiger partial charge in [-0.2, -0.15) is 31.8 Å². The number of allylic oxidation sites excluding steroid dienone is 1. The highest BCUT2D eigenvalue weighted by molar-refractivity contribution is 6.08. The zero-order valence-corrected chi connectivity index (χ0v) is 22.3. The summed E-state index contributed by atoms with van der Waals surface area (Å²) in [6.07, 6.45) is -4.93. The molecule has 0 atom stereocenters. The molecule has 0 unspecified atom stereocenters. The second-order valence-electron chi connectivity index (χ2n) is 9.95. The molecule has 2 N–H and O–H groups in total. The minimum absolute atomic E-state index is 0.0122. The molecular weight excluding hydrogens is 581 g/mol. The van der Waals surface area contributed by atoms with Crippen LogP contribution in [-0.4, -0.2) is 77.2 Å². The van der Waals surface area contributed by atoms with Crippen LogP contribution < -0.4 is 10.5 Å². The van der Waals surface area contributed by atoms with Gasteiger partial charge in [0.25, 0.3) is 5.91 Å². The molecule has 2 aliphatic heterocycles. The van der Waals surface area contributed by atoms with E-state index in [1.165, 1.54) is 24.0 Å². The number of carbonyl (C=O) groups is 4. The summed E-state index contributed by atoms with van der Waals surface area (Å²) in [5.41, 5.74) is -0.835. The van der Waals surface area contributed by atoms with Crippen molar-refractivity contribution < 1.29 is 60.4 Å². The van der Waals surface area contributed by atoms with Gasteiger partial charge in [0.05, 0.1) is 5.56 Å². The average Bonchev–Trinajstić information content (AvgIpc) is 2.90. The Morgan fingerprint density at radius 1 is 1.05 bits per heavy atom. The molecule has 230 valence electrons. The number of halogens is 7. The van der Waals surface area contributed by atoms with Crippen LogP contribution in [0.1, 0.15) is 54.9 Å². The summed E-state index contributed by atoms with van der Waals surface area (Å²) in [6, 6.07) is 3.89. The molecular formula is C26H27F7N4O5. The van der Waals surface area contributed by atoms with Gasteiger partial charge in [-0.3, -0.25) is 9.59 Å². The van der Waals surface area contributed by atoms with Crippen LogP contribution in [0.3, 0.4) is 0 Å². The molecule has 1 aliphatic carbocycles. The zero-order valence-electron chi connectivity index (χ0n) is 22.3. The Bertz CT molecular complexity index is 1300. The Hall–Kier alpha value is -3.82. The van der Waals surface area contributed by atoms with Gasteiger partial charge in [-0.15, -0.1) is 0 Å². The van der Waals surface area contributed by atoms with Gasteiger partial charge in [0.2, 0.25) is 5.91 Å². The summed E-state index contributed by atoms with van der Waals surface area (Å²) in [7, 11) is 0. The van der Waals surface area contributed by atoms with Gasteiger partial charge in [0.15, 0.2) is 5.57 Å². The molecule has 0 spiro atoms. The number of nitrogens with zero attached hydrogens (tertiary/aromatic N) is 3. The van der Waals surface area contributed by atoms with Crippen LogP contribution >= 0.6 is 0 Å². The van der Waals surface area contributed by atoms with Gasteiger partial charge in [-0.25, -0.2) is 9.18 Å². The number of carboxylic acids is 1. The molecule has 4 rings (SSSR count). The van der Waals surface area contributed by atoms with E-state index in [2.05, 4.69) is 5.10 Å². The number of benzene rings is 1. The number of aliphatic carboxylic acids is 1. The second kappa shape index (κ2) is 13.0. The average molecular weight is 609 g/mol. The normalized spacial score (nSPS) is 18.9. The third kappa shape index (κ3) is 7.92. The van der Waals surface area contributed by atoms with Gasteiger partial charge in [-0.05, 0) is 43.0 Å². The predicted molar refractivity (Wildman–Crippen MR) is 129 cm³/mol. The first-order valence-electron chi connectivity index (χ1n) is 12.9. The number of hydrogen-bond donors (Lipinski definition) is 1. The van der Waals surface area contributed by atoms with Crippen LogP contribution in [0.2, 0.25) is 0 Å². The lowest BCUT2D eigenvalue weighted by Gasteiger charge is -2.40. The Morgan fingerprint density at radius 3 is 2.21 bits per heavy atom. The third-order valence-electron chi connectivity index (χ3n) is 7.10. The number of primary amides is 1. The van der Waals surface area contributed by atoms with E-state index in [1.807, 2.05) is 4.90 Å². The molecule has 2 heterocycles. The number of carbonyl (C=O) groups excluding carboxylic acids is 4. The van der Waals surface area contributed by atoms with E-state index in [-0.39, 0.29) is 48.3 Å². The summed E-state index contributed by atoms with van der Waals surface area (Å²) >= 11 is 0. The standard InChI is InChI=1S/C24H26F4N4O3.C2HF3O2/c1-14-19(29-30-22(34)21(14)24(26,27)28)12-15-7-8-18(25)17(11-15)23(35)31-9-10-32(20(33)13-31)16-5-3-2-4-6-16;3-2(4,5)1(6)7/h7-8,11,16H,2-6,9-10,12-13H2,1H3,(H,30,34);(H,6,7). The molecule has 0 bridgehead atoms. The number of alkyl halides is 6. The van der Waals surface area contributed by atoms with Crippen molar-refractivity contribution >= 4 is 29.4 Å². The van der Waals surface area contributed by atoms with E-state index in [9.17, 15) is 45.1 Å². The molecule has 0 aromatic heterocycles. The first-order chi connectivity index (χ1) is 19.5. The molecule has 1 saturated heterocycles. The first-order valence-corrected chi connectivity index (χ1v) is 12.9. The second-order valence-corrected chi connectivity index (χ2v) is 9.95. The molecule has 3 amide bonds. The maximum absolute atomic E-state index is 14.6. The lowest BCUT2D eigenvalue weighted by molar-refractivity contribution is -0.573. The summed E-state index contributed by atoms with van der Waals surface area (Å²) < 4.78 is 86.0. The summed E-state index contributed by atoms with van der Waals surface area (Å²) in [4.78, 5) is 49.4. The van der Waals surface area contributed by atoms with E-state index in [1.54, 1.807) is 0 Å². The van der Waals surface area contributed by atoms with E-state index < -0.39 is 41.5 Å². The zero-order chi connectivity index (χ0) is 31.4. The van der Waals surface area contributed by atoms with Crippen LogP contribution in [0.4, 0.5) is 30.7 Å². The number of piperazine rings is 1. The van der Waals surface area contributed by atoms with Crippen LogP contribution in [0.25, 0.3) is 0 Å². The fraction of sp³-hybridized carbons (Fsp3) is 0.500. The van der Waals surface area contributed by atoms with E-state index in [0.717, 1.165) is 38.2 Å². The minimum atomic E-state index is -5.19. The van der Waals surface area contributed by atoms with E-state index in [4.69, 9.17) is 9.90 Å². The highest BCUT2D eigenvalue weighted by Gasteiger charge is 2.45. The molecule has 16 heteroatoms. The van der Waals surface area contributed by atoms with E-state index >= 15 is 0 Å². The molecule has 2 fully saturated rings. The van der Waals surface area contributed by atoms with Crippen molar-refractivity contribution in [3.63, 3.8) is 0 Å². The van der Waals surface area contributed by atoms with Crippen molar-refractivity contribution in [1.82, 2.24) is 9.80 Å². The van der Waals surface area contributed by atoms with Gasteiger partial charge in [-0.1, -0.05) is 30.4 Å². The van der Waals surface area contributed by atoms with Crippen molar-refractivity contribution in [1.29, 1.82) is 0 Å². The van der Waals surface area contributed by atoms with Crippen molar-refractivity contribution in [2.45, 2.75) is 63.8 Å². The molecule has 1 saturated carbocycles. The molecule has 0 radical (unpaired) electrons. The summed E-state index contributed by atoms with van der Waals surface area (Å²) in [5, 5.41) is 12.6. The molecule has 3 aliphatic rings. The quantitative estimate of drug-likeness (QED) is 0.411. The fourth-order valence-corrected chi connectivity index (χ4v) is 5.01. The number of amides is 3. The Balaban J connectivity index is 0.000000616. The minimum Gasteiger partial charge on any atom is -0.542 e. The monoisotopic (exact) mass is 608 g/mol. The third-order valence-corrected chi connectivity index (χ3v) is 7.10. The lowest BCUT2D eigenvalue weighted by Crippen LogP contribution is -2.85. The first kappa shape index (κ1) is 32.7. The lowest BCUT2D eigenvalue weighted by atomic mass is 9.93. The van der Waals surface area contributed by atoms with Gasteiger partial charge in [0.1, 0.15) is 24.0 Å². The predicted octanol–water partition coefficient (Wildman–Crippen LogP) is 1.62. The summed E-state index contributed by atoms with van der Waals surface area (Å²) in [5.74, 6) is -5.81. The number of rotatable bonds is 4. The number of quaternary nitrogens is 1. The van der Waals surface area contributed by atoms with Gasteiger partial charge >= 0.3 is 18.3 Å². The van der Waals surface area contributed by atoms with Gasteiger partial charge in [0, 0.05) is 25.6 Å². The molecule has 1 aromatic rings. The van der Waals surface area contributed by atoms with Crippen molar-refractivity contribution in [2.75, 3.05) is 19.6 Å².